The molecule has 128 valence electrons. The van der Waals surface area contributed by atoms with E-state index in [9.17, 15) is 4.79 Å². The number of thiophene rings is 1. The number of carbonyl (C=O) groups excluding carboxylic acids is 1. The highest BCUT2D eigenvalue weighted by molar-refractivity contribution is 7.13. The van der Waals surface area contributed by atoms with Gasteiger partial charge in [-0.3, -0.25) is 9.69 Å². The van der Waals surface area contributed by atoms with Gasteiger partial charge in [0.15, 0.2) is 0 Å². The van der Waals surface area contributed by atoms with Gasteiger partial charge in [0, 0.05) is 32.8 Å². The van der Waals surface area contributed by atoms with Crippen LogP contribution in [-0.2, 0) is 16.2 Å². The zero-order valence-corrected chi connectivity index (χ0v) is 14.2. The molecule has 0 saturated carbocycles. The number of tetrazole rings is 1. The SMILES string of the molecule is O=C([C@H]1CCCO1)N1CCN(Cn2nnc(-c3cccs3)n2)CC1. The number of piperazine rings is 1. The van der Waals surface area contributed by atoms with Crippen molar-refractivity contribution in [2.45, 2.75) is 25.6 Å². The third-order valence-electron chi connectivity index (χ3n) is 4.41. The number of hydrogen-bond acceptors (Lipinski definition) is 7. The second-order valence-corrected chi connectivity index (χ2v) is 7.00. The molecule has 2 aromatic heterocycles. The molecule has 2 aliphatic heterocycles. The van der Waals surface area contributed by atoms with Gasteiger partial charge in [-0.1, -0.05) is 6.07 Å². The molecule has 0 spiro atoms. The van der Waals surface area contributed by atoms with Gasteiger partial charge in [-0.05, 0) is 29.5 Å². The molecule has 1 atom stereocenters. The molecule has 0 aromatic carbocycles. The van der Waals surface area contributed by atoms with E-state index in [1.54, 1.807) is 16.1 Å². The number of amides is 1. The van der Waals surface area contributed by atoms with Crippen molar-refractivity contribution >= 4 is 17.2 Å². The molecule has 0 radical (unpaired) electrons. The van der Waals surface area contributed by atoms with Crippen molar-refractivity contribution in [3.63, 3.8) is 0 Å². The minimum Gasteiger partial charge on any atom is -0.368 e. The summed E-state index contributed by atoms with van der Waals surface area (Å²) >= 11 is 1.60. The van der Waals surface area contributed by atoms with Crippen LogP contribution in [-0.4, -0.2) is 74.8 Å². The second kappa shape index (κ2) is 6.96. The monoisotopic (exact) mass is 348 g/mol. The first-order chi connectivity index (χ1) is 11.8. The molecule has 2 saturated heterocycles. The smallest absolute Gasteiger partial charge is 0.251 e. The number of nitrogens with zero attached hydrogens (tertiary/aromatic N) is 6. The van der Waals surface area contributed by atoms with E-state index in [0.29, 0.717) is 19.1 Å². The van der Waals surface area contributed by atoms with Crippen molar-refractivity contribution in [3.05, 3.63) is 17.5 Å². The standard InChI is InChI=1S/C15H20N6O2S/c22-15(12-3-1-9-23-12)20-7-5-19(6-8-20)11-21-17-14(16-18-21)13-4-2-10-24-13/h2,4,10,12H,1,3,5-9,11H2/t12-/m1/s1. The number of ether oxygens (including phenoxy) is 1. The molecule has 8 nitrogen and oxygen atoms in total. The topological polar surface area (TPSA) is 76.4 Å². The van der Waals surface area contributed by atoms with Crippen molar-refractivity contribution in [1.29, 1.82) is 0 Å². The predicted molar refractivity (Wildman–Crippen MR) is 88.3 cm³/mol. The van der Waals surface area contributed by atoms with Gasteiger partial charge in [0.05, 0.1) is 4.88 Å². The zero-order valence-electron chi connectivity index (χ0n) is 13.4. The van der Waals surface area contributed by atoms with E-state index in [1.165, 1.54) is 0 Å². The highest BCUT2D eigenvalue weighted by atomic mass is 32.1. The van der Waals surface area contributed by atoms with Gasteiger partial charge in [-0.2, -0.15) is 0 Å². The number of hydrogen-bond donors (Lipinski definition) is 0. The summed E-state index contributed by atoms with van der Waals surface area (Å²) in [6.07, 6.45) is 1.62. The summed E-state index contributed by atoms with van der Waals surface area (Å²) in [5.41, 5.74) is 0. The summed E-state index contributed by atoms with van der Waals surface area (Å²) in [6.45, 7) is 4.39. The Kier molecular flexibility index (Phi) is 4.54. The van der Waals surface area contributed by atoms with Gasteiger partial charge >= 0.3 is 0 Å². The Balaban J connectivity index is 1.29. The summed E-state index contributed by atoms with van der Waals surface area (Å²) in [6, 6.07) is 3.96. The first-order valence-corrected chi connectivity index (χ1v) is 9.12. The Morgan fingerprint density at radius 2 is 2.21 bits per heavy atom. The highest BCUT2D eigenvalue weighted by Gasteiger charge is 2.30. The van der Waals surface area contributed by atoms with Crippen LogP contribution in [0.1, 0.15) is 12.8 Å². The third-order valence-corrected chi connectivity index (χ3v) is 5.28. The van der Waals surface area contributed by atoms with E-state index in [4.69, 9.17) is 4.74 Å². The van der Waals surface area contributed by atoms with Gasteiger partial charge in [-0.15, -0.1) is 26.3 Å². The maximum Gasteiger partial charge on any atom is 0.251 e. The van der Waals surface area contributed by atoms with Crippen LogP contribution in [0.4, 0.5) is 0 Å². The molecule has 0 bridgehead atoms. The molecule has 4 heterocycles. The maximum absolute atomic E-state index is 12.3. The molecule has 9 heteroatoms. The Hall–Kier alpha value is -1.84. The fraction of sp³-hybridized carbons (Fsp3) is 0.600. The molecule has 2 aromatic rings. The largest absolute Gasteiger partial charge is 0.368 e. The molecule has 2 aliphatic rings. The minimum absolute atomic E-state index is 0.144. The van der Waals surface area contributed by atoms with Crippen LogP contribution >= 0.6 is 11.3 Å². The highest BCUT2D eigenvalue weighted by Crippen LogP contribution is 2.19. The van der Waals surface area contributed by atoms with Crippen LogP contribution in [0, 0.1) is 0 Å². The quantitative estimate of drug-likeness (QED) is 0.809. The lowest BCUT2D eigenvalue weighted by Crippen LogP contribution is -2.51. The van der Waals surface area contributed by atoms with Crippen molar-refractivity contribution in [3.8, 4) is 10.7 Å². The minimum atomic E-state index is -0.220. The molecule has 4 rings (SSSR count). The molecule has 0 aliphatic carbocycles. The fourth-order valence-electron chi connectivity index (χ4n) is 3.07. The second-order valence-electron chi connectivity index (χ2n) is 6.05. The Morgan fingerprint density at radius 3 is 2.92 bits per heavy atom. The van der Waals surface area contributed by atoms with Gasteiger partial charge in [0.2, 0.25) is 5.82 Å². The summed E-state index contributed by atoms with van der Waals surface area (Å²) in [7, 11) is 0. The normalized spacial score (nSPS) is 22.2. The fourth-order valence-corrected chi connectivity index (χ4v) is 3.72. The zero-order chi connectivity index (χ0) is 16.4. The molecule has 2 fully saturated rings. The number of aromatic nitrogens is 4. The van der Waals surface area contributed by atoms with Crippen LogP contribution < -0.4 is 0 Å². The van der Waals surface area contributed by atoms with E-state index < -0.39 is 0 Å². The predicted octanol–water partition coefficient (Wildman–Crippen LogP) is 0.682. The van der Waals surface area contributed by atoms with Crippen LogP contribution in [0.5, 0.6) is 0 Å². The van der Waals surface area contributed by atoms with Gasteiger partial charge in [0.1, 0.15) is 12.8 Å². The molecule has 24 heavy (non-hydrogen) atoms. The maximum atomic E-state index is 12.3. The van der Waals surface area contributed by atoms with Crippen molar-refractivity contribution in [2.24, 2.45) is 0 Å². The Labute approximate surface area is 144 Å². The summed E-state index contributed by atoms with van der Waals surface area (Å²) in [4.78, 5) is 19.1. The van der Waals surface area contributed by atoms with Crippen LogP contribution in [0.15, 0.2) is 17.5 Å². The van der Waals surface area contributed by atoms with Gasteiger partial charge in [-0.25, -0.2) is 0 Å². The average Bonchev–Trinajstić information content (AvgIpc) is 3.36. The Bertz CT molecular complexity index is 674. The average molecular weight is 348 g/mol. The summed E-state index contributed by atoms with van der Waals surface area (Å²) in [5, 5.41) is 14.7. The number of rotatable bonds is 4. The van der Waals surface area contributed by atoms with Crippen molar-refractivity contribution in [1.82, 2.24) is 30.0 Å². The van der Waals surface area contributed by atoms with E-state index in [2.05, 4.69) is 20.3 Å². The van der Waals surface area contributed by atoms with Crippen LogP contribution in [0.3, 0.4) is 0 Å². The molecule has 0 N–H and O–H groups in total. The molecular formula is C15H20N6O2S. The van der Waals surface area contributed by atoms with Crippen LogP contribution in [0.2, 0.25) is 0 Å². The Morgan fingerprint density at radius 1 is 1.33 bits per heavy atom. The van der Waals surface area contributed by atoms with E-state index >= 15 is 0 Å². The third kappa shape index (κ3) is 3.33. The molecular weight excluding hydrogens is 328 g/mol. The van der Waals surface area contributed by atoms with E-state index in [-0.39, 0.29) is 12.0 Å². The van der Waals surface area contributed by atoms with E-state index in [0.717, 1.165) is 43.9 Å². The van der Waals surface area contributed by atoms with E-state index in [1.807, 2.05) is 22.4 Å². The van der Waals surface area contributed by atoms with Gasteiger partial charge < -0.3 is 9.64 Å². The van der Waals surface area contributed by atoms with Crippen molar-refractivity contribution in [2.75, 3.05) is 32.8 Å². The lowest BCUT2D eigenvalue weighted by atomic mass is 10.2. The lowest BCUT2D eigenvalue weighted by Gasteiger charge is -2.35. The molecule has 0 unspecified atom stereocenters. The summed E-state index contributed by atoms with van der Waals surface area (Å²) in [5.74, 6) is 0.809. The molecule has 1 amide bonds. The first-order valence-electron chi connectivity index (χ1n) is 8.24. The van der Waals surface area contributed by atoms with Gasteiger partial charge in [0.25, 0.3) is 5.91 Å². The van der Waals surface area contributed by atoms with Crippen molar-refractivity contribution < 1.29 is 9.53 Å². The van der Waals surface area contributed by atoms with Crippen LogP contribution in [0.25, 0.3) is 10.7 Å². The number of carbonyl (C=O) groups is 1. The summed E-state index contributed by atoms with van der Waals surface area (Å²) < 4.78 is 5.49. The lowest BCUT2D eigenvalue weighted by molar-refractivity contribution is -0.143. The first kappa shape index (κ1) is 15.7.